The van der Waals surface area contributed by atoms with Crippen LogP contribution in [0.5, 0.6) is 5.75 Å². The van der Waals surface area contributed by atoms with Gasteiger partial charge in [-0.15, -0.1) is 0 Å². The molecule has 1 aromatic rings. The summed E-state index contributed by atoms with van der Waals surface area (Å²) in [6, 6.07) is 7.84. The molecule has 0 bridgehead atoms. The van der Waals surface area contributed by atoms with Gasteiger partial charge in [0.05, 0.1) is 7.11 Å². The van der Waals surface area contributed by atoms with Crippen molar-refractivity contribution in [3.05, 3.63) is 29.8 Å². The molecule has 0 saturated heterocycles. The molecular formula is C15H24N2O3. The van der Waals surface area contributed by atoms with Gasteiger partial charge in [-0.3, -0.25) is 0 Å². The Morgan fingerprint density at radius 3 is 2.55 bits per heavy atom. The van der Waals surface area contributed by atoms with E-state index in [9.17, 15) is 4.79 Å². The summed E-state index contributed by atoms with van der Waals surface area (Å²) in [7, 11) is 1.66. The number of rotatable bonds is 6. The van der Waals surface area contributed by atoms with Crippen LogP contribution in [0.25, 0.3) is 0 Å². The predicted octanol–water partition coefficient (Wildman–Crippen LogP) is 2.31. The van der Waals surface area contributed by atoms with Crippen molar-refractivity contribution in [2.75, 3.05) is 20.2 Å². The summed E-state index contributed by atoms with van der Waals surface area (Å²) in [4.78, 5) is 11.4. The number of hydrogen-bond acceptors (Lipinski definition) is 4. The molecule has 0 radical (unpaired) electrons. The maximum absolute atomic E-state index is 11.4. The molecule has 0 aliphatic rings. The molecule has 1 aromatic carbocycles. The van der Waals surface area contributed by atoms with Gasteiger partial charge in [-0.2, -0.15) is 0 Å². The molecule has 0 saturated carbocycles. The third-order valence-corrected chi connectivity index (χ3v) is 2.48. The van der Waals surface area contributed by atoms with E-state index in [1.807, 2.05) is 45.0 Å². The first-order chi connectivity index (χ1) is 9.42. The SMILES string of the molecule is COc1ccccc1CNCCNC(=O)OC(C)(C)C. The second kappa shape index (κ2) is 7.75. The molecule has 0 aliphatic heterocycles. The van der Waals surface area contributed by atoms with Gasteiger partial charge in [-0.25, -0.2) is 4.79 Å². The van der Waals surface area contributed by atoms with Gasteiger partial charge in [0.1, 0.15) is 11.4 Å². The van der Waals surface area contributed by atoms with Crippen molar-refractivity contribution in [1.82, 2.24) is 10.6 Å². The van der Waals surface area contributed by atoms with E-state index in [0.29, 0.717) is 19.6 Å². The number of nitrogens with one attached hydrogen (secondary N) is 2. The normalized spacial score (nSPS) is 11.0. The summed E-state index contributed by atoms with van der Waals surface area (Å²) in [6.45, 7) is 7.40. The van der Waals surface area contributed by atoms with E-state index >= 15 is 0 Å². The summed E-state index contributed by atoms with van der Waals surface area (Å²) in [6.07, 6.45) is -0.392. The molecular weight excluding hydrogens is 256 g/mol. The molecule has 5 nitrogen and oxygen atoms in total. The van der Waals surface area contributed by atoms with Crippen LogP contribution in [0.4, 0.5) is 4.79 Å². The lowest BCUT2D eigenvalue weighted by molar-refractivity contribution is 0.0528. The summed E-state index contributed by atoms with van der Waals surface area (Å²) in [5.74, 6) is 0.861. The lowest BCUT2D eigenvalue weighted by Gasteiger charge is -2.19. The van der Waals surface area contributed by atoms with Crippen molar-refractivity contribution < 1.29 is 14.3 Å². The highest BCUT2D eigenvalue weighted by atomic mass is 16.6. The van der Waals surface area contributed by atoms with Crippen LogP contribution in [0.3, 0.4) is 0 Å². The lowest BCUT2D eigenvalue weighted by atomic mass is 10.2. The first kappa shape index (κ1) is 16.3. The van der Waals surface area contributed by atoms with Crippen LogP contribution in [-0.2, 0) is 11.3 Å². The molecule has 5 heteroatoms. The number of hydrogen-bond donors (Lipinski definition) is 2. The van der Waals surface area contributed by atoms with E-state index < -0.39 is 11.7 Å². The van der Waals surface area contributed by atoms with Crippen molar-refractivity contribution >= 4 is 6.09 Å². The van der Waals surface area contributed by atoms with Gasteiger partial charge in [0.2, 0.25) is 0 Å². The van der Waals surface area contributed by atoms with E-state index in [1.54, 1.807) is 7.11 Å². The zero-order chi connectivity index (χ0) is 15.0. The quantitative estimate of drug-likeness (QED) is 0.785. The van der Waals surface area contributed by atoms with Gasteiger partial charge in [0, 0.05) is 25.2 Å². The standard InChI is InChI=1S/C15H24N2O3/c1-15(2,3)20-14(18)17-10-9-16-11-12-7-5-6-8-13(12)19-4/h5-8,16H,9-11H2,1-4H3,(H,17,18). The number of amides is 1. The number of carbonyl (C=O) groups excluding carboxylic acids is 1. The maximum Gasteiger partial charge on any atom is 0.407 e. The van der Waals surface area contributed by atoms with Crippen molar-refractivity contribution in [3.8, 4) is 5.75 Å². The monoisotopic (exact) mass is 280 g/mol. The Morgan fingerprint density at radius 2 is 1.90 bits per heavy atom. The zero-order valence-electron chi connectivity index (χ0n) is 12.7. The number of alkyl carbamates (subject to hydrolysis) is 1. The third kappa shape index (κ3) is 6.43. The predicted molar refractivity (Wildman–Crippen MR) is 78.9 cm³/mol. The number of para-hydroxylation sites is 1. The van der Waals surface area contributed by atoms with Crippen LogP contribution in [0.2, 0.25) is 0 Å². The number of ether oxygens (including phenoxy) is 2. The molecule has 20 heavy (non-hydrogen) atoms. The molecule has 1 amide bonds. The minimum absolute atomic E-state index is 0.392. The van der Waals surface area contributed by atoms with E-state index in [2.05, 4.69) is 10.6 Å². The first-order valence-corrected chi connectivity index (χ1v) is 6.72. The van der Waals surface area contributed by atoms with Crippen LogP contribution in [0.15, 0.2) is 24.3 Å². The Hall–Kier alpha value is -1.75. The van der Waals surface area contributed by atoms with Crippen molar-refractivity contribution in [2.45, 2.75) is 32.9 Å². The largest absolute Gasteiger partial charge is 0.496 e. The fraction of sp³-hybridized carbons (Fsp3) is 0.533. The van der Waals surface area contributed by atoms with Crippen LogP contribution in [0.1, 0.15) is 26.3 Å². The Labute approximate surface area is 120 Å². The second-order valence-corrected chi connectivity index (χ2v) is 5.42. The van der Waals surface area contributed by atoms with Crippen molar-refractivity contribution in [1.29, 1.82) is 0 Å². The van der Waals surface area contributed by atoms with Crippen molar-refractivity contribution in [2.24, 2.45) is 0 Å². The van der Waals surface area contributed by atoms with Gasteiger partial charge in [-0.1, -0.05) is 18.2 Å². The topological polar surface area (TPSA) is 59.6 Å². The van der Waals surface area contributed by atoms with Gasteiger partial charge >= 0.3 is 6.09 Å². The minimum atomic E-state index is -0.463. The van der Waals surface area contributed by atoms with E-state index in [4.69, 9.17) is 9.47 Å². The van der Waals surface area contributed by atoms with Crippen LogP contribution < -0.4 is 15.4 Å². The molecule has 1 rings (SSSR count). The molecule has 0 fully saturated rings. The number of benzene rings is 1. The highest BCUT2D eigenvalue weighted by Crippen LogP contribution is 2.16. The molecule has 0 aromatic heterocycles. The van der Waals surface area contributed by atoms with Gasteiger partial charge in [-0.05, 0) is 26.8 Å². The summed E-state index contributed by atoms with van der Waals surface area (Å²) < 4.78 is 10.4. The maximum atomic E-state index is 11.4. The fourth-order valence-corrected chi connectivity index (χ4v) is 1.64. The zero-order valence-corrected chi connectivity index (χ0v) is 12.7. The van der Waals surface area contributed by atoms with Crippen molar-refractivity contribution in [3.63, 3.8) is 0 Å². The highest BCUT2D eigenvalue weighted by Gasteiger charge is 2.15. The van der Waals surface area contributed by atoms with Gasteiger partial charge < -0.3 is 20.1 Å². The summed E-state index contributed by atoms with van der Waals surface area (Å²) >= 11 is 0. The lowest BCUT2D eigenvalue weighted by Crippen LogP contribution is -2.36. The number of carbonyl (C=O) groups is 1. The van der Waals surface area contributed by atoms with Crippen LogP contribution in [0, 0.1) is 0 Å². The van der Waals surface area contributed by atoms with E-state index in [1.165, 1.54) is 0 Å². The third-order valence-electron chi connectivity index (χ3n) is 2.48. The smallest absolute Gasteiger partial charge is 0.407 e. The summed E-state index contributed by atoms with van der Waals surface area (Å²) in [5, 5.41) is 5.94. The molecule has 112 valence electrons. The Morgan fingerprint density at radius 1 is 1.20 bits per heavy atom. The number of methoxy groups -OCH3 is 1. The molecule has 0 atom stereocenters. The molecule has 0 aliphatic carbocycles. The fourth-order valence-electron chi connectivity index (χ4n) is 1.64. The van der Waals surface area contributed by atoms with Crippen LogP contribution >= 0.6 is 0 Å². The molecule has 0 spiro atoms. The summed E-state index contributed by atoms with van der Waals surface area (Å²) in [5.41, 5.74) is 0.627. The molecule has 2 N–H and O–H groups in total. The highest BCUT2D eigenvalue weighted by molar-refractivity contribution is 5.67. The minimum Gasteiger partial charge on any atom is -0.496 e. The van der Waals surface area contributed by atoms with Gasteiger partial charge in [0.15, 0.2) is 0 Å². The average molecular weight is 280 g/mol. The van der Waals surface area contributed by atoms with E-state index in [-0.39, 0.29) is 0 Å². The second-order valence-electron chi connectivity index (χ2n) is 5.42. The average Bonchev–Trinajstić information content (AvgIpc) is 2.36. The Balaban J connectivity index is 2.21. The first-order valence-electron chi connectivity index (χ1n) is 6.72. The van der Waals surface area contributed by atoms with Gasteiger partial charge in [0.25, 0.3) is 0 Å². The molecule has 0 heterocycles. The van der Waals surface area contributed by atoms with E-state index in [0.717, 1.165) is 11.3 Å². The van der Waals surface area contributed by atoms with Crippen LogP contribution in [-0.4, -0.2) is 31.9 Å². The molecule has 0 unspecified atom stereocenters. The Bertz CT molecular complexity index is 427. The Kier molecular flexibility index (Phi) is 6.31.